The second-order valence-corrected chi connectivity index (χ2v) is 2.12. The Hall–Kier alpha value is -0.850. The van der Waals surface area contributed by atoms with Crippen molar-refractivity contribution in [3.8, 4) is 0 Å². The number of hydrogen-bond donors (Lipinski definition) is 2. The smallest absolute Gasteiger partial charge is 0.185 e. The van der Waals surface area contributed by atoms with E-state index >= 15 is 0 Å². The van der Waals surface area contributed by atoms with Crippen molar-refractivity contribution in [1.82, 2.24) is 0 Å². The fourth-order valence-corrected chi connectivity index (χ4v) is 0.604. The lowest BCUT2D eigenvalue weighted by Crippen LogP contribution is -2.23. The molecule has 0 atom stereocenters. The summed E-state index contributed by atoms with van der Waals surface area (Å²) in [4.78, 5) is 3.75. The Balaban J connectivity index is 0. The Morgan fingerprint density at radius 3 is 2.31 bits per heavy atom. The molecule has 6 nitrogen and oxygen atoms in total. The molecule has 0 unspecified atom stereocenters. The Morgan fingerprint density at radius 2 is 1.77 bits per heavy atom. The first kappa shape index (κ1) is 14.7. The van der Waals surface area contributed by atoms with Crippen LogP contribution in [-0.4, -0.2) is 44.4 Å². The lowest BCUT2D eigenvalue weighted by molar-refractivity contribution is 0.0562. The minimum atomic E-state index is 0. The SMILES string of the molecule is CCOCCOCCN=C(N)N.O. The van der Waals surface area contributed by atoms with Crippen molar-refractivity contribution in [3.05, 3.63) is 0 Å². The zero-order valence-corrected chi connectivity index (χ0v) is 7.95. The lowest BCUT2D eigenvalue weighted by Gasteiger charge is -2.01. The number of guanidine groups is 1. The van der Waals surface area contributed by atoms with Gasteiger partial charge in [-0.25, -0.2) is 0 Å². The van der Waals surface area contributed by atoms with E-state index in [1.807, 2.05) is 6.92 Å². The van der Waals surface area contributed by atoms with Crippen molar-refractivity contribution in [2.24, 2.45) is 16.5 Å². The van der Waals surface area contributed by atoms with E-state index in [1.165, 1.54) is 0 Å². The molecule has 0 aliphatic carbocycles. The first-order chi connectivity index (χ1) is 5.77. The summed E-state index contributed by atoms with van der Waals surface area (Å²) in [5.41, 5.74) is 10.2. The largest absolute Gasteiger partial charge is 0.412 e. The van der Waals surface area contributed by atoms with Gasteiger partial charge in [-0.1, -0.05) is 0 Å². The third-order valence-corrected chi connectivity index (χ3v) is 1.11. The highest BCUT2D eigenvalue weighted by atomic mass is 16.5. The van der Waals surface area contributed by atoms with Gasteiger partial charge in [0.25, 0.3) is 0 Å². The standard InChI is InChI=1S/C7H17N3O2.H2O/c1-2-11-5-6-12-4-3-10-7(8)9;/h2-6H2,1H3,(H4,8,9,10);1H2. The Labute approximate surface area is 78.2 Å². The molecule has 6 N–H and O–H groups in total. The van der Waals surface area contributed by atoms with Crippen LogP contribution in [-0.2, 0) is 9.47 Å². The van der Waals surface area contributed by atoms with Crippen LogP contribution in [0.25, 0.3) is 0 Å². The summed E-state index contributed by atoms with van der Waals surface area (Å²) in [6.45, 7) is 4.92. The number of nitrogens with two attached hydrogens (primary N) is 2. The average Bonchev–Trinajstić information content (AvgIpc) is 2.02. The molecular formula is C7H19N3O3. The maximum atomic E-state index is 5.14. The summed E-state index contributed by atoms with van der Waals surface area (Å²) in [5, 5.41) is 0. The van der Waals surface area contributed by atoms with E-state index in [0.29, 0.717) is 26.4 Å². The van der Waals surface area contributed by atoms with Crippen LogP contribution >= 0.6 is 0 Å². The molecule has 0 saturated heterocycles. The predicted molar refractivity (Wildman–Crippen MR) is 51.6 cm³/mol. The summed E-state index contributed by atoms with van der Waals surface area (Å²) in [6.07, 6.45) is 0. The number of rotatable bonds is 7. The van der Waals surface area contributed by atoms with Gasteiger partial charge in [0, 0.05) is 6.61 Å². The van der Waals surface area contributed by atoms with Gasteiger partial charge in [0.15, 0.2) is 5.96 Å². The molecular weight excluding hydrogens is 174 g/mol. The summed E-state index contributed by atoms with van der Waals surface area (Å²) in [7, 11) is 0. The maximum absolute atomic E-state index is 5.14. The first-order valence-electron chi connectivity index (χ1n) is 3.98. The van der Waals surface area contributed by atoms with Crippen LogP contribution in [0.3, 0.4) is 0 Å². The van der Waals surface area contributed by atoms with Crippen LogP contribution in [0.1, 0.15) is 6.92 Å². The fourth-order valence-electron chi connectivity index (χ4n) is 0.604. The first-order valence-corrected chi connectivity index (χ1v) is 3.98. The van der Waals surface area contributed by atoms with Gasteiger partial charge < -0.3 is 26.4 Å². The van der Waals surface area contributed by atoms with Crippen LogP contribution in [0.2, 0.25) is 0 Å². The number of ether oxygens (including phenoxy) is 2. The van der Waals surface area contributed by atoms with Crippen LogP contribution in [0.5, 0.6) is 0 Å². The summed E-state index contributed by atoms with van der Waals surface area (Å²) in [5.74, 6) is 0.100. The van der Waals surface area contributed by atoms with Crippen molar-refractivity contribution in [2.75, 3.05) is 33.0 Å². The van der Waals surface area contributed by atoms with Gasteiger partial charge in [-0.3, -0.25) is 4.99 Å². The van der Waals surface area contributed by atoms with E-state index in [2.05, 4.69) is 4.99 Å². The van der Waals surface area contributed by atoms with Gasteiger partial charge in [0.2, 0.25) is 0 Å². The molecule has 0 spiro atoms. The topological polar surface area (TPSA) is 114 Å². The number of nitrogens with zero attached hydrogens (tertiary/aromatic N) is 1. The van der Waals surface area contributed by atoms with Crippen molar-refractivity contribution >= 4 is 5.96 Å². The molecule has 0 aromatic heterocycles. The molecule has 0 aromatic rings. The third kappa shape index (κ3) is 14.1. The molecule has 0 rings (SSSR count). The second-order valence-electron chi connectivity index (χ2n) is 2.12. The van der Waals surface area contributed by atoms with Gasteiger partial charge in [-0.2, -0.15) is 0 Å². The molecule has 0 aliphatic heterocycles. The van der Waals surface area contributed by atoms with Gasteiger partial charge in [0.05, 0.1) is 26.4 Å². The normalized spacial score (nSPS) is 9.00. The van der Waals surface area contributed by atoms with Crippen LogP contribution in [0, 0.1) is 0 Å². The number of hydrogen-bond acceptors (Lipinski definition) is 3. The van der Waals surface area contributed by atoms with Crippen LogP contribution in [0.15, 0.2) is 4.99 Å². The molecule has 0 aliphatic rings. The summed E-state index contributed by atoms with van der Waals surface area (Å²) in [6, 6.07) is 0. The molecule has 0 saturated carbocycles. The Morgan fingerprint density at radius 1 is 1.15 bits per heavy atom. The minimum absolute atomic E-state index is 0. The molecule has 0 aromatic carbocycles. The van der Waals surface area contributed by atoms with Gasteiger partial charge >= 0.3 is 0 Å². The average molecular weight is 193 g/mol. The zero-order valence-electron chi connectivity index (χ0n) is 7.95. The van der Waals surface area contributed by atoms with Crippen molar-refractivity contribution in [3.63, 3.8) is 0 Å². The second kappa shape index (κ2) is 11.2. The van der Waals surface area contributed by atoms with Crippen molar-refractivity contribution < 1.29 is 14.9 Å². The Kier molecular flexibility index (Phi) is 12.6. The highest BCUT2D eigenvalue weighted by molar-refractivity contribution is 5.75. The summed E-state index contributed by atoms with van der Waals surface area (Å²) >= 11 is 0. The van der Waals surface area contributed by atoms with Crippen LogP contribution in [0.4, 0.5) is 0 Å². The molecule has 80 valence electrons. The van der Waals surface area contributed by atoms with E-state index in [9.17, 15) is 0 Å². The molecule has 0 amide bonds. The van der Waals surface area contributed by atoms with E-state index < -0.39 is 0 Å². The minimum Gasteiger partial charge on any atom is -0.412 e. The third-order valence-electron chi connectivity index (χ3n) is 1.11. The van der Waals surface area contributed by atoms with Gasteiger partial charge in [0.1, 0.15) is 0 Å². The highest BCUT2D eigenvalue weighted by Gasteiger charge is 1.87. The molecule has 0 radical (unpaired) electrons. The fraction of sp³-hybridized carbons (Fsp3) is 0.857. The van der Waals surface area contributed by atoms with Crippen LogP contribution < -0.4 is 11.5 Å². The van der Waals surface area contributed by atoms with Gasteiger partial charge in [-0.15, -0.1) is 0 Å². The lowest BCUT2D eigenvalue weighted by atomic mass is 10.7. The molecule has 13 heavy (non-hydrogen) atoms. The van der Waals surface area contributed by atoms with E-state index in [-0.39, 0.29) is 11.4 Å². The predicted octanol–water partition coefficient (Wildman–Crippen LogP) is -1.51. The Bertz CT molecular complexity index is 126. The summed E-state index contributed by atoms with van der Waals surface area (Å²) < 4.78 is 10.2. The molecule has 6 heteroatoms. The quantitative estimate of drug-likeness (QED) is 0.290. The number of aliphatic imine (C=N–C) groups is 1. The van der Waals surface area contributed by atoms with E-state index in [4.69, 9.17) is 20.9 Å². The molecule has 0 bridgehead atoms. The highest BCUT2D eigenvalue weighted by Crippen LogP contribution is 1.78. The molecule has 0 heterocycles. The van der Waals surface area contributed by atoms with E-state index in [0.717, 1.165) is 6.61 Å². The van der Waals surface area contributed by atoms with Gasteiger partial charge in [-0.05, 0) is 6.92 Å². The monoisotopic (exact) mass is 193 g/mol. The van der Waals surface area contributed by atoms with Crippen molar-refractivity contribution in [2.45, 2.75) is 6.92 Å². The zero-order chi connectivity index (χ0) is 9.23. The maximum Gasteiger partial charge on any atom is 0.185 e. The van der Waals surface area contributed by atoms with Crippen molar-refractivity contribution in [1.29, 1.82) is 0 Å². The molecule has 0 fully saturated rings. The van der Waals surface area contributed by atoms with E-state index in [1.54, 1.807) is 0 Å².